The fourth-order valence-electron chi connectivity index (χ4n) is 5.23. The summed E-state index contributed by atoms with van der Waals surface area (Å²) in [6.07, 6.45) is 12.9. The Kier molecular flexibility index (Phi) is 4.97. The highest BCUT2D eigenvalue weighted by molar-refractivity contribution is 4.80. The summed E-state index contributed by atoms with van der Waals surface area (Å²) < 4.78 is 0. The SMILES string of the molecule is [O-][NH+](O)C1CCCCC1C[NH+]1CCCC2CCCCC21. The van der Waals surface area contributed by atoms with Crippen LogP contribution in [0.1, 0.15) is 64.2 Å². The monoisotopic (exact) mass is 283 g/mol. The van der Waals surface area contributed by atoms with E-state index in [4.69, 9.17) is 0 Å². The summed E-state index contributed by atoms with van der Waals surface area (Å²) in [6.45, 7) is 2.43. The van der Waals surface area contributed by atoms with Crippen LogP contribution in [0.25, 0.3) is 0 Å². The Balaban J connectivity index is 1.62. The van der Waals surface area contributed by atoms with Crippen molar-refractivity contribution in [2.45, 2.75) is 76.3 Å². The number of hydrogen-bond acceptors (Lipinski definition) is 2. The summed E-state index contributed by atoms with van der Waals surface area (Å²) in [5.74, 6) is 1.39. The molecule has 1 aliphatic heterocycles. The lowest BCUT2D eigenvalue weighted by Gasteiger charge is -2.44. The zero-order valence-corrected chi connectivity index (χ0v) is 12.7. The van der Waals surface area contributed by atoms with E-state index in [2.05, 4.69) is 0 Å². The van der Waals surface area contributed by atoms with Gasteiger partial charge < -0.3 is 10.1 Å². The molecule has 2 saturated carbocycles. The maximum Gasteiger partial charge on any atom is 0.125 e. The van der Waals surface area contributed by atoms with Crippen LogP contribution in [0.5, 0.6) is 0 Å². The predicted molar refractivity (Wildman–Crippen MR) is 77.5 cm³/mol. The summed E-state index contributed by atoms with van der Waals surface area (Å²) in [5, 5.41) is 20.4. The van der Waals surface area contributed by atoms with Gasteiger partial charge in [-0.1, -0.05) is 12.8 Å². The standard InChI is InChI=1S/C16H30N2O2/c19-18(20)16-10-4-2-7-14(16)12-17-11-5-8-13-6-1-3-9-15(13)17/h13-16,18-19H,1-12H2/p+1. The maximum absolute atomic E-state index is 11.5. The van der Waals surface area contributed by atoms with E-state index in [0.717, 1.165) is 37.8 Å². The van der Waals surface area contributed by atoms with E-state index in [0.29, 0.717) is 5.92 Å². The molecule has 0 amide bonds. The van der Waals surface area contributed by atoms with Gasteiger partial charge in [-0.3, -0.25) is 0 Å². The summed E-state index contributed by atoms with van der Waals surface area (Å²) in [7, 11) is 0. The van der Waals surface area contributed by atoms with E-state index in [1.54, 1.807) is 4.90 Å². The number of likely N-dealkylation sites (tertiary alicyclic amines) is 1. The number of nitrogens with one attached hydrogen (secondary N) is 2. The Morgan fingerprint density at radius 1 is 0.950 bits per heavy atom. The fourth-order valence-corrected chi connectivity index (χ4v) is 5.23. The topological polar surface area (TPSA) is 52.2 Å². The highest BCUT2D eigenvalue weighted by atomic mass is 16.8. The molecule has 3 rings (SSSR count). The summed E-state index contributed by atoms with van der Waals surface area (Å²) in [5.41, 5.74) is 0. The largest absolute Gasteiger partial charge is 0.600 e. The quantitative estimate of drug-likeness (QED) is 0.663. The molecule has 0 aromatic carbocycles. The van der Waals surface area contributed by atoms with Crippen LogP contribution in [-0.4, -0.2) is 30.4 Å². The van der Waals surface area contributed by atoms with Gasteiger partial charge in [0, 0.05) is 12.3 Å². The van der Waals surface area contributed by atoms with Crippen LogP contribution in [0.3, 0.4) is 0 Å². The van der Waals surface area contributed by atoms with Gasteiger partial charge in [-0.15, -0.1) is 0 Å². The molecule has 0 spiro atoms. The lowest BCUT2D eigenvalue weighted by atomic mass is 9.77. The minimum atomic E-state index is -0.536. The smallest absolute Gasteiger partial charge is 0.125 e. The van der Waals surface area contributed by atoms with Gasteiger partial charge >= 0.3 is 0 Å². The highest BCUT2D eigenvalue weighted by Gasteiger charge is 2.40. The van der Waals surface area contributed by atoms with Crippen LogP contribution in [0.2, 0.25) is 0 Å². The predicted octanol–water partition coefficient (Wildman–Crippen LogP) is 0.555. The van der Waals surface area contributed by atoms with Crippen molar-refractivity contribution in [3.05, 3.63) is 5.21 Å². The molecule has 3 aliphatic rings. The first kappa shape index (κ1) is 14.8. The lowest BCUT2D eigenvalue weighted by molar-refractivity contribution is -1.07. The van der Waals surface area contributed by atoms with Crippen LogP contribution in [0, 0.1) is 17.0 Å². The first-order valence-electron chi connectivity index (χ1n) is 8.83. The molecule has 0 bridgehead atoms. The van der Waals surface area contributed by atoms with E-state index in [1.165, 1.54) is 51.5 Å². The zero-order chi connectivity index (χ0) is 13.9. The third kappa shape index (κ3) is 3.19. The van der Waals surface area contributed by atoms with Crippen molar-refractivity contribution in [3.63, 3.8) is 0 Å². The van der Waals surface area contributed by atoms with Gasteiger partial charge in [0.05, 0.1) is 25.0 Å². The number of fused-ring (bicyclic) bond motifs is 1. The van der Waals surface area contributed by atoms with E-state index in [9.17, 15) is 10.4 Å². The van der Waals surface area contributed by atoms with Crippen LogP contribution >= 0.6 is 0 Å². The molecule has 0 radical (unpaired) electrons. The normalized spacial score (nSPS) is 43.8. The Labute approximate surface area is 122 Å². The van der Waals surface area contributed by atoms with Gasteiger partial charge in [0.25, 0.3) is 0 Å². The van der Waals surface area contributed by atoms with Crippen LogP contribution in [-0.2, 0) is 0 Å². The number of hydroxylamine groups is 2. The molecule has 20 heavy (non-hydrogen) atoms. The van der Waals surface area contributed by atoms with Crippen LogP contribution < -0.4 is 10.1 Å². The second-order valence-electron chi connectivity index (χ2n) is 7.39. The molecule has 0 aromatic heterocycles. The molecule has 116 valence electrons. The Morgan fingerprint density at radius 2 is 1.65 bits per heavy atom. The number of hydrogen-bond donors (Lipinski definition) is 3. The first-order valence-corrected chi connectivity index (χ1v) is 8.83. The molecule has 4 nitrogen and oxygen atoms in total. The van der Waals surface area contributed by atoms with Crippen molar-refractivity contribution in [2.24, 2.45) is 11.8 Å². The van der Waals surface area contributed by atoms with Crippen molar-refractivity contribution in [2.75, 3.05) is 13.1 Å². The van der Waals surface area contributed by atoms with E-state index >= 15 is 0 Å². The molecule has 6 atom stereocenters. The van der Waals surface area contributed by atoms with Crippen molar-refractivity contribution in [1.29, 1.82) is 0 Å². The minimum Gasteiger partial charge on any atom is -0.600 e. The molecule has 1 heterocycles. The summed E-state index contributed by atoms with van der Waals surface area (Å²) in [4.78, 5) is 1.76. The number of quaternary nitrogens is 2. The first-order chi connectivity index (χ1) is 9.75. The molecule has 2 aliphatic carbocycles. The van der Waals surface area contributed by atoms with E-state index in [1.807, 2.05) is 0 Å². The molecule has 6 unspecified atom stereocenters. The summed E-state index contributed by atoms with van der Waals surface area (Å²) in [6, 6.07) is 0.800. The van der Waals surface area contributed by atoms with Gasteiger partial charge in [0.15, 0.2) is 0 Å². The molecule has 1 saturated heterocycles. The molecule has 3 fully saturated rings. The van der Waals surface area contributed by atoms with Gasteiger partial charge in [0.1, 0.15) is 6.04 Å². The molecule has 0 aromatic rings. The molecule has 4 heteroatoms. The second-order valence-corrected chi connectivity index (χ2v) is 7.39. The van der Waals surface area contributed by atoms with Crippen LogP contribution in [0.15, 0.2) is 0 Å². The third-order valence-corrected chi connectivity index (χ3v) is 6.26. The number of rotatable bonds is 3. The molecular formula is C16H31N2O2+. The van der Waals surface area contributed by atoms with Gasteiger partial charge in [-0.25, -0.2) is 10.4 Å². The average molecular weight is 283 g/mol. The fraction of sp³-hybridized carbons (Fsp3) is 1.00. The molecular weight excluding hydrogens is 252 g/mol. The third-order valence-electron chi connectivity index (χ3n) is 6.26. The summed E-state index contributed by atoms with van der Waals surface area (Å²) >= 11 is 0. The van der Waals surface area contributed by atoms with Gasteiger partial charge in [0.2, 0.25) is 0 Å². The second kappa shape index (κ2) is 6.73. The van der Waals surface area contributed by atoms with Crippen LogP contribution in [0.4, 0.5) is 0 Å². The highest BCUT2D eigenvalue weighted by Crippen LogP contribution is 2.29. The average Bonchev–Trinajstić information content (AvgIpc) is 2.48. The lowest BCUT2D eigenvalue weighted by Crippen LogP contribution is -3.19. The van der Waals surface area contributed by atoms with Gasteiger partial charge in [-0.05, 0) is 44.9 Å². The van der Waals surface area contributed by atoms with Crippen molar-refractivity contribution >= 4 is 0 Å². The molecule has 3 N–H and O–H groups in total. The van der Waals surface area contributed by atoms with E-state index < -0.39 is 5.23 Å². The minimum absolute atomic E-state index is 0.0554. The Hall–Kier alpha value is -0.160. The Morgan fingerprint density at radius 3 is 2.50 bits per heavy atom. The van der Waals surface area contributed by atoms with Crippen molar-refractivity contribution in [1.82, 2.24) is 0 Å². The zero-order valence-electron chi connectivity index (χ0n) is 12.7. The van der Waals surface area contributed by atoms with Crippen molar-refractivity contribution < 1.29 is 15.3 Å². The Bertz CT molecular complexity index is 309. The van der Waals surface area contributed by atoms with Crippen molar-refractivity contribution in [3.8, 4) is 0 Å². The van der Waals surface area contributed by atoms with Gasteiger partial charge in [-0.2, -0.15) is 0 Å². The maximum atomic E-state index is 11.5. The number of piperidine rings is 1. The van der Waals surface area contributed by atoms with E-state index in [-0.39, 0.29) is 6.04 Å².